The molecule has 196 valence electrons. The van der Waals surface area contributed by atoms with Crippen molar-refractivity contribution in [2.75, 3.05) is 38.1 Å². The van der Waals surface area contributed by atoms with Crippen LogP contribution in [0.1, 0.15) is 15.9 Å². The Morgan fingerprint density at radius 1 is 1.03 bits per heavy atom. The van der Waals surface area contributed by atoms with Gasteiger partial charge in [-0.2, -0.15) is 4.31 Å². The van der Waals surface area contributed by atoms with E-state index in [1.807, 2.05) is 30.3 Å². The molecule has 1 saturated heterocycles. The SMILES string of the molecule is CN(Cc1ccccc1)S(=O)(=O)c1ccc(C(=O)N2CCN(c3nc4ccc([N+](=O)[O-])cc4s3)CC2)cc1. The van der Waals surface area contributed by atoms with Crippen LogP contribution in [-0.2, 0) is 16.6 Å². The Morgan fingerprint density at radius 2 is 1.71 bits per heavy atom. The lowest BCUT2D eigenvalue weighted by molar-refractivity contribution is -0.384. The van der Waals surface area contributed by atoms with E-state index in [-0.39, 0.29) is 23.0 Å². The van der Waals surface area contributed by atoms with Crippen molar-refractivity contribution in [2.45, 2.75) is 11.4 Å². The molecule has 0 N–H and O–H groups in total. The molecular weight excluding hydrogens is 526 g/mol. The summed E-state index contributed by atoms with van der Waals surface area (Å²) in [5.74, 6) is -0.161. The molecule has 10 nitrogen and oxygen atoms in total. The van der Waals surface area contributed by atoms with E-state index in [0.29, 0.717) is 37.3 Å². The monoisotopic (exact) mass is 551 g/mol. The van der Waals surface area contributed by atoms with Crippen molar-refractivity contribution in [2.24, 2.45) is 0 Å². The number of amides is 1. The van der Waals surface area contributed by atoms with E-state index in [2.05, 4.69) is 9.88 Å². The minimum absolute atomic E-state index is 0.0322. The van der Waals surface area contributed by atoms with E-state index >= 15 is 0 Å². The lowest BCUT2D eigenvalue weighted by atomic mass is 10.2. The van der Waals surface area contributed by atoms with Gasteiger partial charge in [-0.1, -0.05) is 41.7 Å². The van der Waals surface area contributed by atoms with E-state index in [1.54, 1.807) is 23.1 Å². The number of hydrogen-bond donors (Lipinski definition) is 0. The first-order valence-corrected chi connectivity index (χ1v) is 14.2. The molecule has 0 saturated carbocycles. The maximum atomic E-state index is 13.1. The summed E-state index contributed by atoms with van der Waals surface area (Å²) in [6, 6.07) is 20.0. The molecule has 0 bridgehead atoms. The fourth-order valence-electron chi connectivity index (χ4n) is 4.31. The quantitative estimate of drug-likeness (QED) is 0.252. The highest BCUT2D eigenvalue weighted by molar-refractivity contribution is 7.89. The number of nitrogens with zero attached hydrogens (tertiary/aromatic N) is 5. The molecule has 1 aliphatic heterocycles. The number of piperazine rings is 1. The summed E-state index contributed by atoms with van der Waals surface area (Å²) in [5, 5.41) is 11.8. The number of nitro benzene ring substituents is 1. The number of rotatable bonds is 7. The van der Waals surface area contributed by atoms with Gasteiger partial charge in [-0.3, -0.25) is 14.9 Å². The molecule has 38 heavy (non-hydrogen) atoms. The maximum Gasteiger partial charge on any atom is 0.270 e. The highest BCUT2D eigenvalue weighted by Gasteiger charge is 2.26. The number of thiazole rings is 1. The molecule has 0 aliphatic carbocycles. The zero-order valence-electron chi connectivity index (χ0n) is 20.6. The van der Waals surface area contributed by atoms with Gasteiger partial charge >= 0.3 is 0 Å². The van der Waals surface area contributed by atoms with Gasteiger partial charge in [-0.15, -0.1) is 0 Å². The van der Waals surface area contributed by atoms with Crippen LogP contribution in [0.2, 0.25) is 0 Å². The molecule has 0 unspecified atom stereocenters. The summed E-state index contributed by atoms with van der Waals surface area (Å²) >= 11 is 1.39. The van der Waals surface area contributed by atoms with Crippen LogP contribution in [0.4, 0.5) is 10.8 Å². The lowest BCUT2D eigenvalue weighted by Crippen LogP contribution is -2.48. The van der Waals surface area contributed by atoms with Crippen molar-refractivity contribution in [3.05, 3.63) is 94.0 Å². The van der Waals surface area contributed by atoms with Gasteiger partial charge in [-0.05, 0) is 35.9 Å². The Balaban J connectivity index is 1.21. The average Bonchev–Trinajstić information content (AvgIpc) is 3.37. The molecule has 0 spiro atoms. The topological polar surface area (TPSA) is 117 Å². The molecule has 1 aromatic heterocycles. The van der Waals surface area contributed by atoms with Gasteiger partial charge in [0, 0.05) is 57.5 Å². The molecule has 1 aliphatic rings. The number of carbonyl (C=O) groups is 1. The second kappa shape index (κ2) is 10.5. The number of nitro groups is 1. The van der Waals surface area contributed by atoms with Crippen molar-refractivity contribution in [1.29, 1.82) is 0 Å². The zero-order chi connectivity index (χ0) is 26.9. The van der Waals surface area contributed by atoms with Crippen LogP contribution in [0.3, 0.4) is 0 Å². The molecule has 1 amide bonds. The van der Waals surface area contributed by atoms with Crippen molar-refractivity contribution in [3.8, 4) is 0 Å². The van der Waals surface area contributed by atoms with Gasteiger partial charge in [0.25, 0.3) is 11.6 Å². The number of sulfonamides is 1. The van der Waals surface area contributed by atoms with Crippen LogP contribution < -0.4 is 4.90 Å². The number of non-ortho nitro benzene ring substituents is 1. The normalized spacial score (nSPS) is 14.3. The zero-order valence-corrected chi connectivity index (χ0v) is 22.2. The van der Waals surface area contributed by atoms with Gasteiger partial charge < -0.3 is 9.80 Å². The van der Waals surface area contributed by atoms with Crippen LogP contribution in [0.5, 0.6) is 0 Å². The van der Waals surface area contributed by atoms with Gasteiger partial charge in [-0.25, -0.2) is 13.4 Å². The summed E-state index contributed by atoms with van der Waals surface area (Å²) in [6.07, 6.45) is 0. The summed E-state index contributed by atoms with van der Waals surface area (Å²) in [7, 11) is -2.17. The van der Waals surface area contributed by atoms with Gasteiger partial charge in [0.1, 0.15) is 0 Å². The predicted octanol–water partition coefficient (Wildman–Crippen LogP) is 3.99. The van der Waals surface area contributed by atoms with Crippen LogP contribution >= 0.6 is 11.3 Å². The van der Waals surface area contributed by atoms with E-state index < -0.39 is 14.9 Å². The van der Waals surface area contributed by atoms with Gasteiger partial charge in [0.15, 0.2) is 5.13 Å². The highest BCUT2D eigenvalue weighted by atomic mass is 32.2. The predicted molar refractivity (Wildman–Crippen MR) is 146 cm³/mol. The fourth-order valence-corrected chi connectivity index (χ4v) is 6.52. The number of benzene rings is 3. The largest absolute Gasteiger partial charge is 0.345 e. The number of aromatic nitrogens is 1. The number of hydrogen-bond acceptors (Lipinski definition) is 8. The van der Waals surface area contributed by atoms with Gasteiger partial charge in [0.2, 0.25) is 10.0 Å². The first-order valence-electron chi connectivity index (χ1n) is 11.9. The van der Waals surface area contributed by atoms with Crippen molar-refractivity contribution >= 4 is 48.3 Å². The van der Waals surface area contributed by atoms with Crippen molar-refractivity contribution in [1.82, 2.24) is 14.2 Å². The minimum Gasteiger partial charge on any atom is -0.345 e. The third-order valence-electron chi connectivity index (χ3n) is 6.47. The molecule has 0 radical (unpaired) electrons. The van der Waals surface area contributed by atoms with Crippen LogP contribution in [0, 0.1) is 10.1 Å². The second-order valence-electron chi connectivity index (χ2n) is 8.96. The van der Waals surface area contributed by atoms with Crippen LogP contribution in [-0.4, -0.2) is 66.7 Å². The van der Waals surface area contributed by atoms with Crippen LogP contribution in [0.15, 0.2) is 77.7 Å². The number of anilines is 1. The van der Waals surface area contributed by atoms with Gasteiger partial charge in [0.05, 0.1) is 20.0 Å². The third kappa shape index (κ3) is 5.23. The Bertz CT molecular complexity index is 1580. The number of carbonyl (C=O) groups excluding carboxylic acids is 1. The maximum absolute atomic E-state index is 13.1. The summed E-state index contributed by atoms with van der Waals surface area (Å²) in [5.41, 5.74) is 2.05. The molecule has 4 aromatic rings. The minimum atomic E-state index is -3.70. The van der Waals surface area contributed by atoms with Crippen LogP contribution in [0.25, 0.3) is 10.2 Å². The Morgan fingerprint density at radius 3 is 2.37 bits per heavy atom. The fraction of sp³-hybridized carbons (Fsp3) is 0.231. The standard InChI is InChI=1S/C26H25N5O5S2/c1-28(18-19-5-3-2-4-6-19)38(35,36)22-10-7-20(8-11-22)25(32)29-13-15-30(16-14-29)26-27-23-12-9-21(31(33)34)17-24(23)37-26/h2-12,17H,13-16,18H2,1H3. The summed E-state index contributed by atoms with van der Waals surface area (Å²) < 4.78 is 28.0. The Kier molecular flexibility index (Phi) is 7.11. The smallest absolute Gasteiger partial charge is 0.270 e. The molecule has 5 rings (SSSR count). The Labute approximate surface area is 223 Å². The molecular formula is C26H25N5O5S2. The average molecular weight is 552 g/mol. The number of fused-ring (bicyclic) bond motifs is 1. The van der Waals surface area contributed by atoms with Crippen molar-refractivity contribution in [3.63, 3.8) is 0 Å². The lowest BCUT2D eigenvalue weighted by Gasteiger charge is -2.34. The summed E-state index contributed by atoms with van der Waals surface area (Å²) in [6.45, 7) is 2.36. The molecule has 0 atom stereocenters. The van der Waals surface area contributed by atoms with E-state index in [4.69, 9.17) is 0 Å². The van der Waals surface area contributed by atoms with E-state index in [1.165, 1.54) is 47.0 Å². The first kappa shape index (κ1) is 25.8. The highest BCUT2D eigenvalue weighted by Crippen LogP contribution is 2.32. The van der Waals surface area contributed by atoms with E-state index in [9.17, 15) is 23.3 Å². The first-order chi connectivity index (χ1) is 18.2. The summed E-state index contributed by atoms with van der Waals surface area (Å²) in [4.78, 5) is 32.2. The second-order valence-corrected chi connectivity index (χ2v) is 12.0. The Hall–Kier alpha value is -3.87. The molecule has 3 aromatic carbocycles. The molecule has 12 heteroatoms. The molecule has 2 heterocycles. The van der Waals surface area contributed by atoms with Crippen molar-refractivity contribution < 1.29 is 18.1 Å². The third-order valence-corrected chi connectivity index (χ3v) is 9.36. The molecule has 1 fully saturated rings. The van der Waals surface area contributed by atoms with E-state index in [0.717, 1.165) is 15.4 Å².